The standard InChI is InChI=1S/C30H37N3O5S/c1-6-38-28-15-11-10-14-27(28)33(39(36,37)26-12-8-7-9-13-26)21-29(34)32(24(5)30(35)31-22(2)3)20-25-18-16-23(4)17-19-25/h7-19,22,24H,6,20-21H2,1-5H3,(H,31,35)/t24-/m1/s1. The largest absolute Gasteiger partial charge is 0.492 e. The average molecular weight is 552 g/mol. The minimum absolute atomic E-state index is 0.0415. The quantitative estimate of drug-likeness (QED) is 0.357. The zero-order chi connectivity index (χ0) is 28.6. The molecule has 39 heavy (non-hydrogen) atoms. The highest BCUT2D eigenvalue weighted by atomic mass is 32.2. The van der Waals surface area contributed by atoms with E-state index >= 15 is 0 Å². The third kappa shape index (κ3) is 7.60. The second kappa shape index (κ2) is 13.3. The van der Waals surface area contributed by atoms with Gasteiger partial charge in [0.25, 0.3) is 10.0 Å². The zero-order valence-corrected chi connectivity index (χ0v) is 23.9. The molecule has 3 rings (SSSR count). The molecular weight excluding hydrogens is 514 g/mol. The van der Waals surface area contributed by atoms with Crippen molar-refractivity contribution < 1.29 is 22.7 Å². The third-order valence-electron chi connectivity index (χ3n) is 6.12. The van der Waals surface area contributed by atoms with Gasteiger partial charge in [0.15, 0.2) is 0 Å². The molecule has 9 heteroatoms. The third-order valence-corrected chi connectivity index (χ3v) is 7.89. The topological polar surface area (TPSA) is 96.0 Å². The van der Waals surface area contributed by atoms with E-state index in [1.807, 2.05) is 45.0 Å². The van der Waals surface area contributed by atoms with Crippen molar-refractivity contribution in [1.82, 2.24) is 10.2 Å². The predicted octanol–water partition coefficient (Wildman–Crippen LogP) is 4.53. The average Bonchev–Trinajstić information content (AvgIpc) is 2.91. The van der Waals surface area contributed by atoms with Crippen LogP contribution in [0.25, 0.3) is 0 Å². The normalized spacial score (nSPS) is 12.1. The minimum Gasteiger partial charge on any atom is -0.492 e. The molecule has 0 aromatic heterocycles. The minimum atomic E-state index is -4.16. The first kappa shape index (κ1) is 29.7. The Bertz CT molecular complexity index is 1360. The molecule has 0 bridgehead atoms. The molecule has 1 atom stereocenters. The predicted molar refractivity (Wildman–Crippen MR) is 153 cm³/mol. The van der Waals surface area contributed by atoms with Gasteiger partial charge in [-0.1, -0.05) is 60.2 Å². The van der Waals surface area contributed by atoms with E-state index in [-0.39, 0.29) is 29.1 Å². The molecule has 3 aromatic carbocycles. The lowest BCUT2D eigenvalue weighted by Gasteiger charge is -2.32. The van der Waals surface area contributed by atoms with Gasteiger partial charge in [0.2, 0.25) is 11.8 Å². The Labute approximate surface area is 231 Å². The number of anilines is 1. The molecule has 0 saturated carbocycles. The number of ether oxygens (including phenoxy) is 1. The Kier molecular flexibility index (Phi) is 10.1. The molecule has 0 spiro atoms. The Hall–Kier alpha value is -3.85. The van der Waals surface area contributed by atoms with Gasteiger partial charge in [0, 0.05) is 12.6 Å². The van der Waals surface area contributed by atoms with Gasteiger partial charge in [-0.25, -0.2) is 8.42 Å². The number of nitrogens with zero attached hydrogens (tertiary/aromatic N) is 2. The molecule has 0 saturated heterocycles. The molecule has 0 heterocycles. The van der Waals surface area contributed by atoms with Crippen LogP contribution in [-0.4, -0.2) is 50.4 Å². The molecular formula is C30H37N3O5S. The van der Waals surface area contributed by atoms with Crippen molar-refractivity contribution in [2.45, 2.75) is 58.1 Å². The smallest absolute Gasteiger partial charge is 0.264 e. The number of amides is 2. The van der Waals surface area contributed by atoms with E-state index in [0.717, 1.165) is 15.4 Å². The van der Waals surface area contributed by atoms with E-state index < -0.39 is 28.5 Å². The summed E-state index contributed by atoms with van der Waals surface area (Å²) in [6.45, 7) is 9.03. The lowest BCUT2D eigenvalue weighted by molar-refractivity contribution is -0.139. The number of benzene rings is 3. The first-order chi connectivity index (χ1) is 18.5. The molecule has 0 aliphatic rings. The summed E-state index contributed by atoms with van der Waals surface area (Å²) in [5.41, 5.74) is 2.13. The first-order valence-corrected chi connectivity index (χ1v) is 14.4. The van der Waals surface area contributed by atoms with Gasteiger partial charge in [0.1, 0.15) is 18.3 Å². The molecule has 1 N–H and O–H groups in total. The number of carbonyl (C=O) groups is 2. The van der Waals surface area contributed by atoms with Gasteiger partial charge in [-0.05, 0) is 64.4 Å². The molecule has 0 aliphatic carbocycles. The van der Waals surface area contributed by atoms with Crippen LogP contribution in [0, 0.1) is 6.92 Å². The van der Waals surface area contributed by atoms with Gasteiger partial charge < -0.3 is 15.0 Å². The van der Waals surface area contributed by atoms with Crippen LogP contribution >= 0.6 is 0 Å². The fourth-order valence-corrected chi connectivity index (χ4v) is 5.50. The van der Waals surface area contributed by atoms with Crippen LogP contribution in [0.3, 0.4) is 0 Å². The van der Waals surface area contributed by atoms with Gasteiger partial charge in [-0.15, -0.1) is 0 Å². The second-order valence-corrected chi connectivity index (χ2v) is 11.4. The molecule has 0 fully saturated rings. The van der Waals surface area contributed by atoms with Gasteiger partial charge >= 0.3 is 0 Å². The maximum absolute atomic E-state index is 14.0. The van der Waals surface area contributed by atoms with Crippen LogP contribution in [-0.2, 0) is 26.2 Å². The van der Waals surface area contributed by atoms with Crippen LogP contribution in [0.2, 0.25) is 0 Å². The monoisotopic (exact) mass is 551 g/mol. The Balaban J connectivity index is 2.06. The van der Waals surface area contributed by atoms with Gasteiger partial charge in [0.05, 0.1) is 17.2 Å². The highest BCUT2D eigenvalue weighted by molar-refractivity contribution is 7.92. The Morgan fingerprint density at radius 3 is 2.13 bits per heavy atom. The Morgan fingerprint density at radius 1 is 0.897 bits per heavy atom. The molecule has 0 radical (unpaired) electrons. The number of rotatable bonds is 12. The van der Waals surface area contributed by atoms with Crippen LogP contribution in [0.15, 0.2) is 83.8 Å². The van der Waals surface area contributed by atoms with E-state index in [9.17, 15) is 18.0 Å². The van der Waals surface area contributed by atoms with Crippen LogP contribution in [0.4, 0.5) is 5.69 Å². The number of hydrogen-bond donors (Lipinski definition) is 1. The number of nitrogens with one attached hydrogen (secondary N) is 1. The molecule has 3 aromatic rings. The lowest BCUT2D eigenvalue weighted by Crippen LogP contribution is -2.52. The molecule has 0 unspecified atom stereocenters. The number of para-hydroxylation sites is 2. The van der Waals surface area contributed by atoms with E-state index in [1.54, 1.807) is 56.3 Å². The summed E-state index contributed by atoms with van der Waals surface area (Å²) in [5.74, 6) is -0.506. The maximum atomic E-state index is 14.0. The summed E-state index contributed by atoms with van der Waals surface area (Å²) in [7, 11) is -4.16. The molecule has 208 valence electrons. The van der Waals surface area contributed by atoms with E-state index in [4.69, 9.17) is 4.74 Å². The number of carbonyl (C=O) groups excluding carboxylic acids is 2. The summed E-state index contributed by atoms with van der Waals surface area (Å²) in [6.07, 6.45) is 0. The second-order valence-electron chi connectivity index (χ2n) is 9.57. The summed E-state index contributed by atoms with van der Waals surface area (Å²) in [5, 5.41) is 2.86. The number of hydrogen-bond acceptors (Lipinski definition) is 5. The van der Waals surface area contributed by atoms with E-state index in [2.05, 4.69) is 5.32 Å². The van der Waals surface area contributed by atoms with E-state index in [0.29, 0.717) is 12.4 Å². The Morgan fingerprint density at radius 2 is 1.51 bits per heavy atom. The maximum Gasteiger partial charge on any atom is 0.264 e. The fraction of sp³-hybridized carbons (Fsp3) is 0.333. The van der Waals surface area contributed by atoms with Crippen LogP contribution in [0.1, 0.15) is 38.8 Å². The zero-order valence-electron chi connectivity index (χ0n) is 23.1. The molecule has 0 aliphatic heterocycles. The van der Waals surface area contributed by atoms with Crippen LogP contribution < -0.4 is 14.4 Å². The lowest BCUT2D eigenvalue weighted by atomic mass is 10.1. The van der Waals surface area contributed by atoms with Crippen molar-refractivity contribution >= 4 is 27.5 Å². The van der Waals surface area contributed by atoms with Gasteiger partial charge in [-0.2, -0.15) is 0 Å². The van der Waals surface area contributed by atoms with Crippen LogP contribution in [0.5, 0.6) is 5.75 Å². The number of sulfonamides is 1. The number of aryl methyl sites for hydroxylation is 1. The highest BCUT2D eigenvalue weighted by Crippen LogP contribution is 2.32. The summed E-state index contributed by atoms with van der Waals surface area (Å²) in [4.78, 5) is 28.4. The van der Waals surface area contributed by atoms with Gasteiger partial charge in [-0.3, -0.25) is 13.9 Å². The summed E-state index contributed by atoms with van der Waals surface area (Å²) < 4.78 is 34.6. The highest BCUT2D eigenvalue weighted by Gasteiger charge is 2.33. The van der Waals surface area contributed by atoms with E-state index in [1.165, 1.54) is 17.0 Å². The van der Waals surface area contributed by atoms with Crippen molar-refractivity contribution in [3.8, 4) is 5.75 Å². The van der Waals surface area contributed by atoms with Crippen molar-refractivity contribution in [2.75, 3.05) is 17.5 Å². The summed E-state index contributed by atoms with van der Waals surface area (Å²) >= 11 is 0. The SMILES string of the molecule is CCOc1ccccc1N(CC(=O)N(Cc1ccc(C)cc1)[C@H](C)C(=O)NC(C)C)S(=O)(=O)c1ccccc1. The molecule has 8 nitrogen and oxygen atoms in total. The fourth-order valence-electron chi connectivity index (χ4n) is 4.05. The van der Waals surface area contributed by atoms with Crippen molar-refractivity contribution in [3.63, 3.8) is 0 Å². The van der Waals surface area contributed by atoms with Crippen molar-refractivity contribution in [1.29, 1.82) is 0 Å². The van der Waals surface area contributed by atoms with Crippen molar-refractivity contribution in [3.05, 3.63) is 90.0 Å². The summed E-state index contributed by atoms with van der Waals surface area (Å²) in [6, 6.07) is 21.3. The molecule has 2 amide bonds. The first-order valence-electron chi connectivity index (χ1n) is 13.0. The van der Waals surface area contributed by atoms with Crippen molar-refractivity contribution in [2.24, 2.45) is 0 Å².